The molecule has 0 atom stereocenters. The minimum Gasteiger partial charge on any atom is -0.350 e. The fourth-order valence-corrected chi connectivity index (χ4v) is 4.12. The van der Waals surface area contributed by atoms with Gasteiger partial charge in [0.2, 0.25) is 0 Å². The Hall–Kier alpha value is -2.65. The minimum atomic E-state index is -0.240. The van der Waals surface area contributed by atoms with Crippen LogP contribution in [0.25, 0.3) is 10.3 Å². The monoisotopic (exact) mass is 400 g/mol. The minimum absolute atomic E-state index is 0.198. The number of carbonyl (C=O) groups excluding carboxylic acids is 1. The van der Waals surface area contributed by atoms with Gasteiger partial charge in [-0.05, 0) is 57.2 Å². The second kappa shape index (κ2) is 7.76. The normalized spacial score (nSPS) is 13.4. The van der Waals surface area contributed by atoms with Crippen LogP contribution in [0.2, 0.25) is 0 Å². The average molecular weight is 400 g/mol. The van der Waals surface area contributed by atoms with Crippen molar-refractivity contribution >= 4 is 39.1 Å². The number of thiazole rings is 1. The number of nitrogens with one attached hydrogen (secondary N) is 1. The molecule has 9 heteroatoms. The van der Waals surface area contributed by atoms with Crippen molar-refractivity contribution in [3.05, 3.63) is 40.9 Å². The number of rotatable bonds is 6. The molecule has 1 aliphatic rings. The number of hydrogen-bond acceptors (Lipinski definition) is 7. The molecule has 28 heavy (non-hydrogen) atoms. The van der Waals surface area contributed by atoms with E-state index in [4.69, 9.17) is 0 Å². The maximum atomic E-state index is 13.5. The summed E-state index contributed by atoms with van der Waals surface area (Å²) in [4.78, 5) is 30.4. The number of aromatic nitrogens is 3. The number of amides is 1. The van der Waals surface area contributed by atoms with Crippen molar-refractivity contribution in [1.82, 2.24) is 25.2 Å². The van der Waals surface area contributed by atoms with Crippen molar-refractivity contribution in [3.63, 3.8) is 0 Å². The molecule has 0 saturated heterocycles. The molecule has 0 unspecified atom stereocenters. The average Bonchev–Trinajstić information content (AvgIpc) is 3.28. The molecule has 1 aliphatic heterocycles. The molecule has 1 aromatic carbocycles. The molecular weight excluding hydrogens is 379 g/mol. The van der Waals surface area contributed by atoms with Crippen LogP contribution in [0.15, 0.2) is 24.5 Å². The maximum absolute atomic E-state index is 13.5. The van der Waals surface area contributed by atoms with Gasteiger partial charge in [0.05, 0.1) is 0 Å². The van der Waals surface area contributed by atoms with Crippen LogP contribution in [0.3, 0.4) is 0 Å². The van der Waals surface area contributed by atoms with Gasteiger partial charge >= 0.3 is 0 Å². The van der Waals surface area contributed by atoms with Gasteiger partial charge < -0.3 is 15.1 Å². The van der Waals surface area contributed by atoms with E-state index in [1.54, 1.807) is 12.1 Å². The van der Waals surface area contributed by atoms with Crippen molar-refractivity contribution in [1.29, 1.82) is 0 Å². The Kier molecular flexibility index (Phi) is 5.19. The lowest BCUT2D eigenvalue weighted by molar-refractivity contribution is 0.0952. The van der Waals surface area contributed by atoms with Crippen molar-refractivity contribution in [3.8, 4) is 0 Å². The molecule has 3 heterocycles. The van der Waals surface area contributed by atoms with Crippen LogP contribution in [-0.4, -0.2) is 59.5 Å². The van der Waals surface area contributed by atoms with Crippen molar-refractivity contribution in [2.75, 3.05) is 38.6 Å². The van der Waals surface area contributed by atoms with Gasteiger partial charge in [-0.1, -0.05) is 11.3 Å². The predicted molar refractivity (Wildman–Crippen MR) is 108 cm³/mol. The summed E-state index contributed by atoms with van der Waals surface area (Å²) in [6.07, 6.45) is 3.09. The van der Waals surface area contributed by atoms with E-state index >= 15 is 0 Å². The van der Waals surface area contributed by atoms with E-state index in [-0.39, 0.29) is 11.7 Å². The molecule has 0 spiro atoms. The van der Waals surface area contributed by atoms with E-state index in [2.05, 4.69) is 25.2 Å². The molecule has 0 saturated carbocycles. The Labute approximate surface area is 166 Å². The summed E-state index contributed by atoms with van der Waals surface area (Å²) in [5.41, 5.74) is 2.47. The Balaban J connectivity index is 1.58. The number of fused-ring (bicyclic) bond motifs is 2. The van der Waals surface area contributed by atoms with Gasteiger partial charge in [-0.15, -0.1) is 0 Å². The van der Waals surface area contributed by atoms with Crippen LogP contribution in [0.4, 0.5) is 15.9 Å². The van der Waals surface area contributed by atoms with Crippen LogP contribution in [0.5, 0.6) is 0 Å². The molecule has 2 aromatic heterocycles. The van der Waals surface area contributed by atoms with Crippen LogP contribution in [-0.2, 0) is 6.42 Å². The molecule has 146 valence electrons. The van der Waals surface area contributed by atoms with E-state index in [1.807, 2.05) is 19.0 Å². The highest BCUT2D eigenvalue weighted by Gasteiger charge is 2.25. The van der Waals surface area contributed by atoms with E-state index in [1.165, 1.54) is 23.7 Å². The zero-order valence-electron chi connectivity index (χ0n) is 15.8. The molecule has 0 radical (unpaired) electrons. The lowest BCUT2D eigenvalue weighted by Crippen LogP contribution is -2.27. The largest absolute Gasteiger partial charge is 0.350 e. The first kappa shape index (κ1) is 18.7. The first-order valence-electron chi connectivity index (χ1n) is 9.13. The Morgan fingerprint density at radius 2 is 2.21 bits per heavy atom. The summed E-state index contributed by atoms with van der Waals surface area (Å²) < 4.78 is 13.5. The lowest BCUT2D eigenvalue weighted by Gasteiger charge is -2.18. The fraction of sp³-hybridized carbons (Fsp3) is 0.368. The summed E-state index contributed by atoms with van der Waals surface area (Å²) in [5.74, 6) is 0.213. The van der Waals surface area contributed by atoms with E-state index in [0.717, 1.165) is 30.6 Å². The van der Waals surface area contributed by atoms with Crippen molar-refractivity contribution in [2.45, 2.75) is 12.8 Å². The van der Waals surface area contributed by atoms with E-state index in [0.29, 0.717) is 34.3 Å². The fourth-order valence-electron chi connectivity index (χ4n) is 3.30. The molecule has 1 amide bonds. The number of benzene rings is 1. The van der Waals surface area contributed by atoms with Crippen LogP contribution in [0, 0.1) is 5.82 Å². The summed E-state index contributed by atoms with van der Waals surface area (Å²) in [6, 6.07) is 4.76. The highest BCUT2D eigenvalue weighted by atomic mass is 32.1. The molecule has 1 N–H and O–H groups in total. The van der Waals surface area contributed by atoms with Crippen molar-refractivity contribution < 1.29 is 9.18 Å². The number of nitrogens with zero attached hydrogens (tertiary/aromatic N) is 5. The molecule has 3 aromatic rings. The molecular formula is C19H21FN6OS. The number of anilines is 2. The molecule has 0 bridgehead atoms. The van der Waals surface area contributed by atoms with Crippen LogP contribution in [0.1, 0.15) is 21.8 Å². The summed E-state index contributed by atoms with van der Waals surface area (Å²) in [6.45, 7) is 2.19. The highest BCUT2D eigenvalue weighted by molar-refractivity contribution is 7.19. The first-order chi connectivity index (χ1) is 13.5. The van der Waals surface area contributed by atoms with Gasteiger partial charge in [0.1, 0.15) is 22.5 Å². The quantitative estimate of drug-likeness (QED) is 0.641. The summed E-state index contributed by atoms with van der Waals surface area (Å²) >= 11 is 1.26. The van der Waals surface area contributed by atoms with Gasteiger partial charge in [0.15, 0.2) is 10.8 Å². The van der Waals surface area contributed by atoms with Gasteiger partial charge in [0, 0.05) is 18.8 Å². The zero-order valence-corrected chi connectivity index (χ0v) is 16.6. The van der Waals surface area contributed by atoms with Gasteiger partial charge in [0.25, 0.3) is 5.91 Å². The smallest absolute Gasteiger partial charge is 0.280 e. The standard InChI is InChI=1S/C19H21FN6OS/c1-25(2)8-3-7-21-17(27)19-24-15-16(22-11-23-18(15)28-19)26-9-6-12-10-13(20)4-5-14(12)26/h4-5,10-11H,3,6-9H2,1-2H3,(H,21,27). The Bertz CT molecular complexity index is 1020. The van der Waals surface area contributed by atoms with Crippen molar-refractivity contribution in [2.24, 2.45) is 0 Å². The third-order valence-electron chi connectivity index (χ3n) is 4.63. The van der Waals surface area contributed by atoms with Gasteiger partial charge in [-0.25, -0.2) is 19.3 Å². The topological polar surface area (TPSA) is 74.2 Å². The third kappa shape index (κ3) is 3.67. The highest BCUT2D eigenvalue weighted by Crippen LogP contribution is 2.37. The third-order valence-corrected chi connectivity index (χ3v) is 5.59. The maximum Gasteiger partial charge on any atom is 0.280 e. The number of carbonyl (C=O) groups is 1. The Morgan fingerprint density at radius 3 is 3.04 bits per heavy atom. The molecule has 7 nitrogen and oxygen atoms in total. The summed E-state index contributed by atoms with van der Waals surface area (Å²) in [5, 5.41) is 3.28. The van der Waals surface area contributed by atoms with Crippen LogP contribution >= 0.6 is 11.3 Å². The lowest BCUT2D eigenvalue weighted by atomic mass is 10.2. The van der Waals surface area contributed by atoms with E-state index < -0.39 is 0 Å². The predicted octanol–water partition coefficient (Wildman–Crippen LogP) is 2.60. The molecule has 0 fully saturated rings. The second-order valence-corrected chi connectivity index (χ2v) is 7.93. The zero-order chi connectivity index (χ0) is 19.7. The number of hydrogen-bond donors (Lipinski definition) is 1. The molecule has 0 aliphatic carbocycles. The number of halogens is 1. The summed E-state index contributed by atoms with van der Waals surface area (Å²) in [7, 11) is 4.00. The van der Waals surface area contributed by atoms with E-state index in [9.17, 15) is 9.18 Å². The molecule has 4 rings (SSSR count). The van der Waals surface area contributed by atoms with Gasteiger partial charge in [-0.2, -0.15) is 0 Å². The first-order valence-corrected chi connectivity index (χ1v) is 9.95. The second-order valence-electron chi connectivity index (χ2n) is 6.96. The van der Waals surface area contributed by atoms with Crippen LogP contribution < -0.4 is 10.2 Å². The van der Waals surface area contributed by atoms with Gasteiger partial charge in [-0.3, -0.25) is 4.79 Å². The SMILES string of the molecule is CN(C)CCCNC(=O)c1nc2c(N3CCc4cc(F)ccc43)ncnc2s1. The Morgan fingerprint density at radius 1 is 1.36 bits per heavy atom.